The average Bonchev–Trinajstić information content (AvgIpc) is 3.24. The van der Waals surface area contributed by atoms with Crippen molar-refractivity contribution >= 4 is 23.3 Å². The van der Waals surface area contributed by atoms with Crippen molar-refractivity contribution < 1.29 is 13.7 Å². The Kier molecular flexibility index (Phi) is 5.40. The second kappa shape index (κ2) is 7.87. The lowest BCUT2D eigenvalue weighted by molar-refractivity contribution is 0.101. The van der Waals surface area contributed by atoms with E-state index in [4.69, 9.17) is 16.1 Å². The van der Waals surface area contributed by atoms with Gasteiger partial charge in [-0.05, 0) is 41.9 Å². The summed E-state index contributed by atoms with van der Waals surface area (Å²) < 4.78 is 20.4. The van der Waals surface area contributed by atoms with Crippen molar-refractivity contribution in [2.24, 2.45) is 11.3 Å². The summed E-state index contributed by atoms with van der Waals surface area (Å²) in [6, 6.07) is 6.25. The van der Waals surface area contributed by atoms with Gasteiger partial charge in [-0.2, -0.15) is 5.10 Å². The Morgan fingerprint density at radius 1 is 1.40 bits per heavy atom. The number of carbonyl (C=O) groups is 1. The molecule has 4 rings (SSSR count). The standard InChI is InChI=1S/C22H24ClFN4O2/c1-22(2,3)14-7-8-18-16(10-14)19(27-30-18)21(29)25-20-17(23)12-28(26-20)11-13-5-4-6-15(24)9-13/h4-6,9,12,14H,7-8,10-11H2,1-3H3,(H,25,26,29). The van der Waals surface area contributed by atoms with Gasteiger partial charge in [-0.3, -0.25) is 9.48 Å². The maximum Gasteiger partial charge on any atom is 0.279 e. The van der Waals surface area contributed by atoms with Gasteiger partial charge in [0.15, 0.2) is 11.5 Å². The summed E-state index contributed by atoms with van der Waals surface area (Å²) in [6.07, 6.45) is 4.15. The minimum absolute atomic E-state index is 0.141. The van der Waals surface area contributed by atoms with Crippen molar-refractivity contribution in [3.05, 3.63) is 63.9 Å². The molecule has 2 heterocycles. The molecule has 0 saturated heterocycles. The van der Waals surface area contributed by atoms with E-state index < -0.39 is 5.91 Å². The second-order valence-corrected chi connectivity index (χ2v) is 9.25. The molecule has 0 aliphatic heterocycles. The van der Waals surface area contributed by atoms with Gasteiger partial charge in [0, 0.05) is 18.2 Å². The predicted octanol–water partition coefficient (Wildman–Crippen LogP) is 5.12. The molecule has 1 N–H and O–H groups in total. The number of nitrogens with zero attached hydrogens (tertiary/aromatic N) is 3. The molecule has 158 valence electrons. The van der Waals surface area contributed by atoms with Crippen LogP contribution in [0.15, 0.2) is 35.0 Å². The quantitative estimate of drug-likeness (QED) is 0.623. The van der Waals surface area contributed by atoms with E-state index in [1.807, 2.05) is 0 Å². The number of rotatable bonds is 4. The van der Waals surface area contributed by atoms with Crippen molar-refractivity contribution in [1.82, 2.24) is 14.9 Å². The van der Waals surface area contributed by atoms with Crippen molar-refractivity contribution in [3.8, 4) is 0 Å². The zero-order valence-electron chi connectivity index (χ0n) is 17.2. The van der Waals surface area contributed by atoms with Gasteiger partial charge in [-0.25, -0.2) is 4.39 Å². The van der Waals surface area contributed by atoms with Crippen LogP contribution in [0, 0.1) is 17.2 Å². The van der Waals surface area contributed by atoms with E-state index in [9.17, 15) is 9.18 Å². The molecule has 1 unspecified atom stereocenters. The first-order valence-corrected chi connectivity index (χ1v) is 10.3. The molecule has 1 aliphatic carbocycles. The second-order valence-electron chi connectivity index (χ2n) is 8.85. The fourth-order valence-electron chi connectivity index (χ4n) is 3.87. The van der Waals surface area contributed by atoms with Gasteiger partial charge in [-0.1, -0.05) is 49.7 Å². The Morgan fingerprint density at radius 2 is 2.20 bits per heavy atom. The molecule has 1 atom stereocenters. The van der Waals surface area contributed by atoms with Crippen LogP contribution in [-0.4, -0.2) is 20.8 Å². The molecule has 30 heavy (non-hydrogen) atoms. The highest BCUT2D eigenvalue weighted by Gasteiger charge is 2.34. The third-order valence-electron chi connectivity index (χ3n) is 5.66. The Bertz CT molecular complexity index is 1080. The number of fused-ring (bicyclic) bond motifs is 1. The number of aromatic nitrogens is 3. The van der Waals surface area contributed by atoms with Gasteiger partial charge in [0.1, 0.15) is 16.6 Å². The minimum atomic E-state index is -0.396. The van der Waals surface area contributed by atoms with E-state index in [0.717, 1.165) is 36.1 Å². The first-order valence-electron chi connectivity index (χ1n) is 9.97. The Labute approximate surface area is 179 Å². The molecule has 0 bridgehead atoms. The number of carbonyl (C=O) groups excluding carboxylic acids is 1. The largest absolute Gasteiger partial charge is 0.360 e. The number of benzene rings is 1. The van der Waals surface area contributed by atoms with Gasteiger partial charge in [0.05, 0.1) is 6.54 Å². The van der Waals surface area contributed by atoms with Crippen LogP contribution < -0.4 is 5.32 Å². The molecule has 2 aromatic heterocycles. The van der Waals surface area contributed by atoms with Crippen LogP contribution in [-0.2, 0) is 19.4 Å². The maximum atomic E-state index is 13.4. The van der Waals surface area contributed by atoms with Crippen molar-refractivity contribution in [2.45, 2.75) is 46.6 Å². The first kappa shape index (κ1) is 20.6. The van der Waals surface area contributed by atoms with Crippen LogP contribution in [0.3, 0.4) is 0 Å². The Hall–Kier alpha value is -2.67. The van der Waals surface area contributed by atoms with Gasteiger partial charge in [0.25, 0.3) is 5.91 Å². The molecule has 0 spiro atoms. The lowest BCUT2D eigenvalue weighted by Crippen LogP contribution is -2.27. The number of hydrogen-bond donors (Lipinski definition) is 1. The van der Waals surface area contributed by atoms with Crippen LogP contribution in [0.1, 0.15) is 54.6 Å². The number of amides is 1. The van der Waals surface area contributed by atoms with Crippen LogP contribution in [0.4, 0.5) is 10.2 Å². The van der Waals surface area contributed by atoms with Crippen LogP contribution in [0.25, 0.3) is 0 Å². The molecule has 1 aliphatic rings. The van der Waals surface area contributed by atoms with Crippen LogP contribution in [0.2, 0.25) is 5.02 Å². The van der Waals surface area contributed by atoms with Crippen LogP contribution in [0.5, 0.6) is 0 Å². The lowest BCUT2D eigenvalue weighted by atomic mass is 9.71. The topological polar surface area (TPSA) is 73.0 Å². The smallest absolute Gasteiger partial charge is 0.279 e. The Morgan fingerprint density at radius 3 is 2.93 bits per heavy atom. The number of aryl methyl sites for hydroxylation is 1. The van der Waals surface area contributed by atoms with Crippen molar-refractivity contribution in [1.29, 1.82) is 0 Å². The SMILES string of the molecule is CC(C)(C)C1CCc2onc(C(=O)Nc3nn(Cc4cccc(F)c4)cc3Cl)c2C1. The Balaban J connectivity index is 1.50. The average molecular weight is 431 g/mol. The molecule has 6 nitrogen and oxygen atoms in total. The van der Waals surface area contributed by atoms with E-state index in [1.165, 1.54) is 12.1 Å². The highest BCUT2D eigenvalue weighted by Crippen LogP contribution is 2.38. The van der Waals surface area contributed by atoms with Gasteiger partial charge >= 0.3 is 0 Å². The number of nitrogens with one attached hydrogen (secondary N) is 1. The monoisotopic (exact) mass is 430 g/mol. The minimum Gasteiger partial charge on any atom is -0.360 e. The van der Waals surface area contributed by atoms with E-state index in [0.29, 0.717) is 17.5 Å². The molecular formula is C22H24ClFN4O2. The molecule has 0 fully saturated rings. The van der Waals surface area contributed by atoms with Gasteiger partial charge in [0.2, 0.25) is 0 Å². The van der Waals surface area contributed by atoms with Crippen LogP contribution >= 0.6 is 11.6 Å². The highest BCUT2D eigenvalue weighted by molar-refractivity contribution is 6.33. The zero-order chi connectivity index (χ0) is 21.5. The summed E-state index contributed by atoms with van der Waals surface area (Å²) in [5.74, 6) is 0.752. The molecule has 0 saturated carbocycles. The first-order chi connectivity index (χ1) is 14.2. The van der Waals surface area contributed by atoms with E-state index >= 15 is 0 Å². The zero-order valence-corrected chi connectivity index (χ0v) is 18.0. The predicted molar refractivity (Wildman–Crippen MR) is 112 cm³/mol. The van der Waals surface area contributed by atoms with Crippen molar-refractivity contribution in [2.75, 3.05) is 5.32 Å². The summed E-state index contributed by atoms with van der Waals surface area (Å²) in [5, 5.41) is 11.4. The number of hydrogen-bond acceptors (Lipinski definition) is 4. The molecule has 3 aromatic rings. The van der Waals surface area contributed by atoms with E-state index in [1.54, 1.807) is 23.0 Å². The third kappa shape index (κ3) is 4.26. The summed E-state index contributed by atoms with van der Waals surface area (Å²) in [4.78, 5) is 12.9. The molecular weight excluding hydrogens is 407 g/mol. The van der Waals surface area contributed by atoms with E-state index in [-0.39, 0.29) is 22.7 Å². The molecule has 8 heteroatoms. The maximum absolute atomic E-state index is 13.4. The molecule has 1 amide bonds. The summed E-state index contributed by atoms with van der Waals surface area (Å²) in [6.45, 7) is 6.96. The molecule has 1 aromatic carbocycles. The van der Waals surface area contributed by atoms with Gasteiger partial charge in [-0.15, -0.1) is 0 Å². The summed E-state index contributed by atoms with van der Waals surface area (Å²) >= 11 is 6.26. The van der Waals surface area contributed by atoms with E-state index in [2.05, 4.69) is 36.3 Å². The fourth-order valence-corrected chi connectivity index (χ4v) is 4.07. The van der Waals surface area contributed by atoms with Gasteiger partial charge < -0.3 is 9.84 Å². The number of halogens is 2. The summed E-state index contributed by atoms with van der Waals surface area (Å²) in [7, 11) is 0. The highest BCUT2D eigenvalue weighted by atomic mass is 35.5. The fraction of sp³-hybridized carbons (Fsp3) is 0.409. The normalized spacial score (nSPS) is 16.4. The van der Waals surface area contributed by atoms with Crippen molar-refractivity contribution in [3.63, 3.8) is 0 Å². The number of anilines is 1. The lowest BCUT2D eigenvalue weighted by Gasteiger charge is -2.33. The molecule has 0 radical (unpaired) electrons. The third-order valence-corrected chi connectivity index (χ3v) is 5.94. The summed E-state index contributed by atoms with van der Waals surface area (Å²) in [5.41, 5.74) is 2.04.